The fourth-order valence-electron chi connectivity index (χ4n) is 2.19. The lowest BCUT2D eigenvalue weighted by molar-refractivity contribution is -0.116. The van der Waals surface area contributed by atoms with Crippen LogP contribution in [0.3, 0.4) is 0 Å². The standard InChI is InChI=1S/C18H17NO4/c1-21-15-6-2-13(3-7-15)5-9-18(20)19-11-14-4-8-16-17(10-14)23-12-22-16/h2-10H,11-12H2,1H3,(H,19,20)/b9-5+. The Morgan fingerprint density at radius 1 is 1.17 bits per heavy atom. The van der Waals surface area contributed by atoms with Gasteiger partial charge in [0.05, 0.1) is 7.11 Å². The van der Waals surface area contributed by atoms with E-state index in [0.29, 0.717) is 12.3 Å². The Morgan fingerprint density at radius 3 is 2.74 bits per heavy atom. The van der Waals surface area contributed by atoms with Gasteiger partial charge in [-0.2, -0.15) is 0 Å². The van der Waals surface area contributed by atoms with Crippen LogP contribution in [0.25, 0.3) is 6.08 Å². The molecule has 0 bridgehead atoms. The van der Waals surface area contributed by atoms with Crippen LogP contribution in [0.1, 0.15) is 11.1 Å². The predicted molar refractivity (Wildman–Crippen MR) is 86.4 cm³/mol. The van der Waals surface area contributed by atoms with E-state index in [0.717, 1.165) is 22.6 Å². The molecule has 0 saturated heterocycles. The molecule has 1 amide bonds. The van der Waals surface area contributed by atoms with Gasteiger partial charge in [0.1, 0.15) is 5.75 Å². The van der Waals surface area contributed by atoms with Gasteiger partial charge < -0.3 is 19.5 Å². The first kappa shape index (κ1) is 15.0. The van der Waals surface area contributed by atoms with E-state index < -0.39 is 0 Å². The summed E-state index contributed by atoms with van der Waals surface area (Å²) in [5.74, 6) is 2.08. The molecule has 1 aliphatic rings. The van der Waals surface area contributed by atoms with Crippen LogP contribution in [0.4, 0.5) is 0 Å². The van der Waals surface area contributed by atoms with Gasteiger partial charge in [0.25, 0.3) is 0 Å². The highest BCUT2D eigenvalue weighted by Gasteiger charge is 2.13. The first-order valence-corrected chi connectivity index (χ1v) is 7.23. The number of carbonyl (C=O) groups is 1. The van der Waals surface area contributed by atoms with Gasteiger partial charge in [0, 0.05) is 12.6 Å². The number of nitrogens with one attached hydrogen (secondary N) is 1. The number of methoxy groups -OCH3 is 1. The quantitative estimate of drug-likeness (QED) is 0.863. The number of hydrogen-bond acceptors (Lipinski definition) is 4. The van der Waals surface area contributed by atoms with Crippen molar-refractivity contribution in [3.05, 3.63) is 59.7 Å². The molecule has 3 rings (SSSR count). The van der Waals surface area contributed by atoms with Gasteiger partial charge in [-0.1, -0.05) is 18.2 Å². The van der Waals surface area contributed by atoms with E-state index in [-0.39, 0.29) is 12.7 Å². The summed E-state index contributed by atoms with van der Waals surface area (Å²) < 4.78 is 15.7. The lowest BCUT2D eigenvalue weighted by Gasteiger charge is -2.04. The van der Waals surface area contributed by atoms with Gasteiger partial charge in [0.2, 0.25) is 12.7 Å². The van der Waals surface area contributed by atoms with Crippen molar-refractivity contribution in [2.45, 2.75) is 6.54 Å². The van der Waals surface area contributed by atoms with Crippen molar-refractivity contribution in [2.75, 3.05) is 13.9 Å². The van der Waals surface area contributed by atoms with Crippen LogP contribution in [-0.2, 0) is 11.3 Å². The molecule has 1 aliphatic heterocycles. The molecule has 2 aromatic carbocycles. The molecule has 0 unspecified atom stereocenters. The molecule has 23 heavy (non-hydrogen) atoms. The Hall–Kier alpha value is -2.95. The third-order valence-electron chi connectivity index (χ3n) is 3.45. The summed E-state index contributed by atoms with van der Waals surface area (Å²) in [4.78, 5) is 11.9. The summed E-state index contributed by atoms with van der Waals surface area (Å²) in [6.45, 7) is 0.679. The fourth-order valence-corrected chi connectivity index (χ4v) is 2.19. The van der Waals surface area contributed by atoms with E-state index in [1.165, 1.54) is 6.08 Å². The van der Waals surface area contributed by atoms with E-state index in [1.54, 1.807) is 13.2 Å². The molecule has 5 nitrogen and oxygen atoms in total. The Bertz CT molecular complexity index is 722. The maximum Gasteiger partial charge on any atom is 0.244 e. The molecule has 0 atom stereocenters. The molecular formula is C18H17NO4. The lowest BCUT2D eigenvalue weighted by Crippen LogP contribution is -2.20. The summed E-state index contributed by atoms with van der Waals surface area (Å²) in [5, 5.41) is 2.84. The van der Waals surface area contributed by atoms with Crippen LogP contribution in [-0.4, -0.2) is 19.8 Å². The van der Waals surface area contributed by atoms with Crippen molar-refractivity contribution in [1.82, 2.24) is 5.32 Å². The van der Waals surface area contributed by atoms with Crippen LogP contribution >= 0.6 is 0 Å². The molecule has 0 saturated carbocycles. The average molecular weight is 311 g/mol. The molecule has 0 aromatic heterocycles. The summed E-state index contributed by atoms with van der Waals surface area (Å²) in [6, 6.07) is 13.1. The minimum absolute atomic E-state index is 0.154. The SMILES string of the molecule is COc1ccc(/C=C/C(=O)NCc2ccc3c(c2)OCO3)cc1. The second-order valence-electron chi connectivity index (χ2n) is 5.01. The largest absolute Gasteiger partial charge is 0.497 e. The van der Waals surface area contributed by atoms with Crippen LogP contribution in [0.15, 0.2) is 48.5 Å². The minimum Gasteiger partial charge on any atom is -0.497 e. The highest BCUT2D eigenvalue weighted by molar-refractivity contribution is 5.91. The van der Waals surface area contributed by atoms with E-state index in [9.17, 15) is 4.79 Å². The number of fused-ring (bicyclic) bond motifs is 1. The Morgan fingerprint density at radius 2 is 1.96 bits per heavy atom. The Kier molecular flexibility index (Phi) is 4.47. The van der Waals surface area contributed by atoms with Crippen LogP contribution in [0.2, 0.25) is 0 Å². The first-order valence-electron chi connectivity index (χ1n) is 7.23. The third kappa shape index (κ3) is 3.83. The maximum atomic E-state index is 11.9. The van der Waals surface area contributed by atoms with Crippen molar-refractivity contribution in [3.8, 4) is 17.2 Å². The smallest absolute Gasteiger partial charge is 0.244 e. The minimum atomic E-state index is -0.154. The Labute approximate surface area is 134 Å². The van der Waals surface area contributed by atoms with Gasteiger partial charge in [-0.3, -0.25) is 4.79 Å². The van der Waals surface area contributed by atoms with Crippen LogP contribution < -0.4 is 19.5 Å². The van der Waals surface area contributed by atoms with Crippen molar-refractivity contribution in [3.63, 3.8) is 0 Å². The van der Waals surface area contributed by atoms with Gasteiger partial charge >= 0.3 is 0 Å². The molecule has 0 fully saturated rings. The van der Waals surface area contributed by atoms with Gasteiger partial charge in [0.15, 0.2) is 11.5 Å². The third-order valence-corrected chi connectivity index (χ3v) is 3.45. The predicted octanol–water partition coefficient (Wildman–Crippen LogP) is 2.75. The lowest BCUT2D eigenvalue weighted by atomic mass is 10.2. The highest BCUT2D eigenvalue weighted by Crippen LogP contribution is 2.32. The summed E-state index contributed by atoms with van der Waals surface area (Å²) in [7, 11) is 1.62. The fraction of sp³-hybridized carbons (Fsp3) is 0.167. The zero-order valence-electron chi connectivity index (χ0n) is 12.7. The number of ether oxygens (including phenoxy) is 3. The topological polar surface area (TPSA) is 56.8 Å². The van der Waals surface area contributed by atoms with E-state index in [1.807, 2.05) is 42.5 Å². The van der Waals surface area contributed by atoms with Gasteiger partial charge in [-0.05, 0) is 41.5 Å². The Balaban J connectivity index is 1.53. The zero-order chi connectivity index (χ0) is 16.1. The van der Waals surface area contributed by atoms with E-state index in [4.69, 9.17) is 14.2 Å². The van der Waals surface area contributed by atoms with Crippen molar-refractivity contribution >= 4 is 12.0 Å². The second kappa shape index (κ2) is 6.87. The molecular weight excluding hydrogens is 294 g/mol. The average Bonchev–Trinajstić information content (AvgIpc) is 3.06. The number of carbonyl (C=O) groups excluding carboxylic acids is 1. The molecule has 0 radical (unpaired) electrons. The molecule has 118 valence electrons. The summed E-state index contributed by atoms with van der Waals surface area (Å²) >= 11 is 0. The van der Waals surface area contributed by atoms with Crippen LogP contribution in [0, 0.1) is 0 Å². The number of amides is 1. The summed E-state index contributed by atoms with van der Waals surface area (Å²) in [6.07, 6.45) is 3.27. The van der Waals surface area contributed by atoms with Crippen molar-refractivity contribution < 1.29 is 19.0 Å². The van der Waals surface area contributed by atoms with Gasteiger partial charge in [-0.25, -0.2) is 0 Å². The molecule has 5 heteroatoms. The number of rotatable bonds is 5. The number of hydrogen-bond donors (Lipinski definition) is 1. The van der Waals surface area contributed by atoms with E-state index in [2.05, 4.69) is 5.32 Å². The second-order valence-corrected chi connectivity index (χ2v) is 5.01. The monoisotopic (exact) mass is 311 g/mol. The normalized spacial score (nSPS) is 12.4. The van der Waals surface area contributed by atoms with Gasteiger partial charge in [-0.15, -0.1) is 0 Å². The molecule has 1 heterocycles. The molecule has 2 aromatic rings. The molecule has 1 N–H and O–H groups in total. The van der Waals surface area contributed by atoms with Crippen molar-refractivity contribution in [2.24, 2.45) is 0 Å². The molecule has 0 aliphatic carbocycles. The first-order chi connectivity index (χ1) is 11.2. The maximum absolute atomic E-state index is 11.9. The molecule has 0 spiro atoms. The van der Waals surface area contributed by atoms with Crippen molar-refractivity contribution in [1.29, 1.82) is 0 Å². The number of benzene rings is 2. The summed E-state index contributed by atoms with van der Waals surface area (Å²) in [5.41, 5.74) is 1.89. The van der Waals surface area contributed by atoms with E-state index >= 15 is 0 Å². The zero-order valence-corrected chi connectivity index (χ0v) is 12.7. The van der Waals surface area contributed by atoms with Crippen LogP contribution in [0.5, 0.6) is 17.2 Å². The highest BCUT2D eigenvalue weighted by atomic mass is 16.7.